The van der Waals surface area contributed by atoms with Crippen molar-refractivity contribution in [1.82, 2.24) is 15.4 Å². The van der Waals surface area contributed by atoms with Gasteiger partial charge >= 0.3 is 0 Å². The van der Waals surface area contributed by atoms with Gasteiger partial charge in [-0.2, -0.15) is 11.8 Å². The Balaban J connectivity index is 1.84. The topological polar surface area (TPSA) is 82.6 Å². The van der Waals surface area contributed by atoms with Gasteiger partial charge in [0.1, 0.15) is 0 Å². The zero-order chi connectivity index (χ0) is 19.0. The van der Waals surface area contributed by atoms with E-state index in [4.69, 9.17) is 0 Å². The Hall–Kier alpha value is -1.25. The van der Waals surface area contributed by atoms with Crippen LogP contribution in [0.4, 0.5) is 0 Å². The van der Waals surface area contributed by atoms with Crippen molar-refractivity contribution in [2.45, 2.75) is 49.3 Å². The van der Waals surface area contributed by atoms with Crippen molar-refractivity contribution in [3.05, 3.63) is 29.8 Å². The second-order valence-corrected chi connectivity index (χ2v) is 9.39. The first kappa shape index (κ1) is 21.1. The van der Waals surface area contributed by atoms with Gasteiger partial charge < -0.3 is 10.6 Å². The summed E-state index contributed by atoms with van der Waals surface area (Å²) in [5.41, 5.74) is 1.03. The highest BCUT2D eigenvalue weighted by atomic mass is 32.2. The van der Waals surface area contributed by atoms with Crippen LogP contribution in [0.1, 0.15) is 31.7 Å². The van der Waals surface area contributed by atoms with E-state index >= 15 is 0 Å². The average Bonchev–Trinajstić information content (AvgIpc) is 3.07. The predicted molar refractivity (Wildman–Crippen MR) is 110 cm³/mol. The van der Waals surface area contributed by atoms with Crippen LogP contribution in [0.2, 0.25) is 0 Å². The van der Waals surface area contributed by atoms with E-state index in [1.807, 2.05) is 25.6 Å². The lowest BCUT2D eigenvalue weighted by Gasteiger charge is -2.17. The van der Waals surface area contributed by atoms with Crippen LogP contribution >= 0.6 is 11.8 Å². The zero-order valence-electron chi connectivity index (χ0n) is 15.8. The molecule has 8 heteroatoms. The fraction of sp³-hybridized carbons (Fsp3) is 0.611. The highest BCUT2D eigenvalue weighted by molar-refractivity contribution is 7.99. The minimum atomic E-state index is -3.48. The first-order valence-corrected chi connectivity index (χ1v) is 11.9. The van der Waals surface area contributed by atoms with Crippen molar-refractivity contribution < 1.29 is 8.42 Å². The smallest absolute Gasteiger partial charge is 0.240 e. The molecule has 3 N–H and O–H groups in total. The van der Waals surface area contributed by atoms with Gasteiger partial charge in [0, 0.05) is 24.4 Å². The van der Waals surface area contributed by atoms with Crippen molar-refractivity contribution in [1.29, 1.82) is 0 Å². The molecule has 0 bridgehead atoms. The number of sulfonamides is 1. The molecule has 6 nitrogen and oxygen atoms in total. The Morgan fingerprint density at radius 1 is 1.27 bits per heavy atom. The Morgan fingerprint density at radius 2 is 2.00 bits per heavy atom. The predicted octanol–water partition coefficient (Wildman–Crippen LogP) is 2.11. The van der Waals surface area contributed by atoms with Gasteiger partial charge in [0.15, 0.2) is 5.96 Å². The summed E-state index contributed by atoms with van der Waals surface area (Å²) in [7, 11) is -3.48. The zero-order valence-corrected chi connectivity index (χ0v) is 17.4. The van der Waals surface area contributed by atoms with Crippen molar-refractivity contribution in [3.63, 3.8) is 0 Å². The maximum Gasteiger partial charge on any atom is 0.240 e. The molecule has 2 atom stereocenters. The van der Waals surface area contributed by atoms with Crippen LogP contribution in [0.15, 0.2) is 34.2 Å². The normalized spacial score (nSPS) is 21.0. The molecule has 1 aliphatic rings. The summed E-state index contributed by atoms with van der Waals surface area (Å²) in [6, 6.07) is 7.27. The fourth-order valence-electron chi connectivity index (χ4n) is 2.95. The van der Waals surface area contributed by atoms with Crippen LogP contribution in [0.25, 0.3) is 0 Å². The van der Waals surface area contributed by atoms with E-state index in [-0.39, 0.29) is 11.4 Å². The van der Waals surface area contributed by atoms with Gasteiger partial charge in [-0.1, -0.05) is 17.7 Å². The minimum absolute atomic E-state index is 0.269. The van der Waals surface area contributed by atoms with E-state index in [1.165, 1.54) is 6.42 Å². The van der Waals surface area contributed by atoms with Crippen LogP contribution in [-0.4, -0.2) is 51.6 Å². The number of thioether (sulfide) groups is 1. The third kappa shape index (κ3) is 6.48. The number of hydrogen-bond donors (Lipinski definition) is 3. The standard InChI is InChI=1S/C18H30N4O2S2/c1-4-19-18(22-15-7-8-16(13-15)25-3)20-11-12-21-26(23,24)17-9-5-14(2)6-10-17/h5-6,9-10,15-16,21H,4,7-8,11-13H2,1-3H3,(H2,19,20,22). The summed E-state index contributed by atoms with van der Waals surface area (Å²) in [5, 5.41) is 7.42. The van der Waals surface area contributed by atoms with Gasteiger partial charge in [0.2, 0.25) is 10.0 Å². The minimum Gasteiger partial charge on any atom is -0.357 e. The molecule has 1 aromatic carbocycles. The summed E-state index contributed by atoms with van der Waals surface area (Å²) in [6.45, 7) is 5.39. The number of benzene rings is 1. The number of guanidine groups is 1. The summed E-state index contributed by atoms with van der Waals surface area (Å²) in [6.07, 6.45) is 5.68. The molecule has 26 heavy (non-hydrogen) atoms. The van der Waals surface area contributed by atoms with Gasteiger partial charge in [-0.15, -0.1) is 0 Å². The maximum absolute atomic E-state index is 12.3. The molecule has 0 amide bonds. The van der Waals surface area contributed by atoms with Crippen LogP contribution in [0.3, 0.4) is 0 Å². The summed E-state index contributed by atoms with van der Waals surface area (Å²) in [4.78, 5) is 4.78. The lowest BCUT2D eigenvalue weighted by molar-refractivity contribution is 0.581. The molecule has 2 unspecified atom stereocenters. The third-order valence-electron chi connectivity index (χ3n) is 4.41. The SMILES string of the molecule is CCNC(=NCCNS(=O)(=O)c1ccc(C)cc1)NC1CCC(SC)C1. The van der Waals surface area contributed by atoms with Gasteiger partial charge in [-0.25, -0.2) is 13.1 Å². The van der Waals surface area contributed by atoms with Crippen LogP contribution in [0, 0.1) is 6.92 Å². The van der Waals surface area contributed by atoms with Gasteiger partial charge in [-0.05, 0) is 51.5 Å². The number of nitrogens with one attached hydrogen (secondary N) is 3. The van der Waals surface area contributed by atoms with Gasteiger partial charge in [-0.3, -0.25) is 4.99 Å². The van der Waals surface area contributed by atoms with Crippen LogP contribution in [0.5, 0.6) is 0 Å². The number of nitrogens with zero attached hydrogens (tertiary/aromatic N) is 1. The number of rotatable bonds is 8. The highest BCUT2D eigenvalue weighted by Crippen LogP contribution is 2.27. The molecule has 0 radical (unpaired) electrons. The average molecular weight is 399 g/mol. The lowest BCUT2D eigenvalue weighted by atomic mass is 10.2. The summed E-state index contributed by atoms with van der Waals surface area (Å²) in [5.74, 6) is 0.758. The quantitative estimate of drug-likeness (QED) is 0.355. The van der Waals surface area contributed by atoms with Crippen molar-refractivity contribution in [2.75, 3.05) is 25.9 Å². The Labute approximate surface area is 161 Å². The molecular weight excluding hydrogens is 368 g/mol. The number of aliphatic imine (C=N–C) groups is 1. The molecule has 0 aliphatic heterocycles. The monoisotopic (exact) mass is 398 g/mol. The van der Waals surface area contributed by atoms with E-state index in [1.54, 1.807) is 24.3 Å². The molecule has 1 aliphatic carbocycles. The van der Waals surface area contributed by atoms with E-state index in [2.05, 4.69) is 26.6 Å². The van der Waals surface area contributed by atoms with E-state index in [0.717, 1.165) is 36.2 Å². The van der Waals surface area contributed by atoms with Gasteiger partial charge in [0.25, 0.3) is 0 Å². The maximum atomic E-state index is 12.3. The first-order valence-electron chi connectivity index (χ1n) is 9.08. The molecular formula is C18H30N4O2S2. The molecule has 1 aromatic rings. The molecule has 1 fully saturated rings. The second-order valence-electron chi connectivity index (χ2n) is 6.48. The van der Waals surface area contributed by atoms with Crippen LogP contribution < -0.4 is 15.4 Å². The molecule has 2 rings (SSSR count). The van der Waals surface area contributed by atoms with Crippen LogP contribution in [-0.2, 0) is 10.0 Å². The molecule has 0 aromatic heterocycles. The Morgan fingerprint density at radius 3 is 2.62 bits per heavy atom. The van der Waals surface area contributed by atoms with Crippen molar-refractivity contribution in [2.24, 2.45) is 4.99 Å². The van der Waals surface area contributed by atoms with Gasteiger partial charge in [0.05, 0.1) is 11.4 Å². The van der Waals surface area contributed by atoms with E-state index < -0.39 is 10.0 Å². The number of aryl methyl sites for hydroxylation is 1. The first-order chi connectivity index (χ1) is 12.4. The highest BCUT2D eigenvalue weighted by Gasteiger charge is 2.24. The third-order valence-corrected chi connectivity index (χ3v) is 6.98. The van der Waals surface area contributed by atoms with E-state index in [0.29, 0.717) is 12.6 Å². The largest absolute Gasteiger partial charge is 0.357 e. The van der Waals surface area contributed by atoms with Crippen molar-refractivity contribution in [3.8, 4) is 0 Å². The lowest BCUT2D eigenvalue weighted by Crippen LogP contribution is -2.43. The molecule has 0 spiro atoms. The summed E-state index contributed by atoms with van der Waals surface area (Å²) < 4.78 is 27.1. The van der Waals surface area contributed by atoms with E-state index in [9.17, 15) is 8.42 Å². The molecule has 146 valence electrons. The Kier molecular flexibility index (Phi) is 8.24. The van der Waals surface area contributed by atoms with Crippen molar-refractivity contribution >= 4 is 27.7 Å². The molecule has 1 saturated carbocycles. The second kappa shape index (κ2) is 10.2. The Bertz CT molecular complexity index is 690. The summed E-state index contributed by atoms with van der Waals surface area (Å²) >= 11 is 1.92. The molecule has 0 heterocycles. The fourth-order valence-corrected chi connectivity index (χ4v) is 4.76. The molecule has 0 saturated heterocycles. The number of hydrogen-bond acceptors (Lipinski definition) is 4.